The second-order valence-corrected chi connectivity index (χ2v) is 4.29. The molecule has 0 spiro atoms. The Hall–Kier alpha value is -2.01. The van der Waals surface area contributed by atoms with Crippen LogP contribution in [0.3, 0.4) is 0 Å². The van der Waals surface area contributed by atoms with Crippen LogP contribution in [0.1, 0.15) is 23.8 Å². The molecule has 0 aliphatic rings. The fraction of sp³-hybridized carbons (Fsp3) is 0.286. The first-order chi connectivity index (χ1) is 9.13. The van der Waals surface area contributed by atoms with Gasteiger partial charge in [-0.2, -0.15) is 0 Å². The van der Waals surface area contributed by atoms with Crippen molar-refractivity contribution in [3.63, 3.8) is 0 Å². The van der Waals surface area contributed by atoms with Gasteiger partial charge in [-0.05, 0) is 30.7 Å². The van der Waals surface area contributed by atoms with Crippen LogP contribution >= 0.6 is 0 Å². The normalized spacial score (nSPS) is 12.4. The number of nitrogens with zero attached hydrogens (tertiary/aromatic N) is 1. The molecule has 19 heavy (non-hydrogen) atoms. The molecule has 2 N–H and O–H groups in total. The molecule has 1 aromatic carbocycles. The molecule has 100 valence electrons. The van der Waals surface area contributed by atoms with Crippen LogP contribution in [0.15, 0.2) is 30.3 Å². The zero-order valence-electron chi connectivity index (χ0n) is 10.6. The number of hydrogen-bond donors (Lipinski definition) is 2. The highest BCUT2D eigenvalue weighted by Crippen LogP contribution is 2.14. The number of aliphatic hydroxyl groups excluding tert-OH is 1. The second-order valence-electron chi connectivity index (χ2n) is 4.29. The van der Waals surface area contributed by atoms with Crippen molar-refractivity contribution in [2.75, 3.05) is 6.61 Å². The van der Waals surface area contributed by atoms with Gasteiger partial charge in [0.2, 0.25) is 0 Å². The van der Waals surface area contributed by atoms with E-state index in [1.54, 1.807) is 12.1 Å². The molecule has 1 aromatic heterocycles. The average Bonchev–Trinajstić information content (AvgIpc) is 2.43. The summed E-state index contributed by atoms with van der Waals surface area (Å²) in [5.41, 5.74) is 0.817. The van der Waals surface area contributed by atoms with Gasteiger partial charge in [-0.1, -0.05) is 13.0 Å². The molecule has 1 heterocycles. The third-order valence-electron chi connectivity index (χ3n) is 2.93. The summed E-state index contributed by atoms with van der Waals surface area (Å²) in [5.74, 6) is -0.676. The van der Waals surface area contributed by atoms with Gasteiger partial charge in [0, 0.05) is 5.39 Å². The van der Waals surface area contributed by atoms with Crippen molar-refractivity contribution in [3.05, 3.63) is 41.8 Å². The van der Waals surface area contributed by atoms with Crippen LogP contribution in [-0.2, 0) is 0 Å². The van der Waals surface area contributed by atoms with Crippen LogP contribution in [0.25, 0.3) is 10.9 Å². The van der Waals surface area contributed by atoms with E-state index >= 15 is 0 Å². The molecule has 2 aromatic rings. The van der Waals surface area contributed by atoms with E-state index in [1.165, 1.54) is 18.2 Å². The second kappa shape index (κ2) is 5.75. The highest BCUT2D eigenvalue weighted by molar-refractivity contribution is 5.95. The van der Waals surface area contributed by atoms with Crippen molar-refractivity contribution in [1.29, 1.82) is 0 Å². The predicted octanol–water partition coefficient (Wildman–Crippen LogP) is 1.87. The first kappa shape index (κ1) is 13.4. The summed E-state index contributed by atoms with van der Waals surface area (Å²) in [6.07, 6.45) is 0.640. The number of aliphatic hydroxyl groups is 1. The van der Waals surface area contributed by atoms with Gasteiger partial charge in [-0.25, -0.2) is 9.37 Å². The monoisotopic (exact) mass is 262 g/mol. The van der Waals surface area contributed by atoms with Gasteiger partial charge in [-0.3, -0.25) is 4.79 Å². The van der Waals surface area contributed by atoms with E-state index in [-0.39, 0.29) is 30.1 Å². The van der Waals surface area contributed by atoms with Gasteiger partial charge in [0.25, 0.3) is 5.91 Å². The van der Waals surface area contributed by atoms with Crippen molar-refractivity contribution >= 4 is 16.8 Å². The summed E-state index contributed by atoms with van der Waals surface area (Å²) < 4.78 is 13.0. The van der Waals surface area contributed by atoms with E-state index in [2.05, 4.69) is 10.3 Å². The fourth-order valence-electron chi connectivity index (χ4n) is 1.76. The maximum atomic E-state index is 13.0. The molecule has 2 rings (SSSR count). The molecule has 0 aliphatic carbocycles. The highest BCUT2D eigenvalue weighted by atomic mass is 19.1. The van der Waals surface area contributed by atoms with Crippen LogP contribution in [0, 0.1) is 5.82 Å². The summed E-state index contributed by atoms with van der Waals surface area (Å²) in [7, 11) is 0. The van der Waals surface area contributed by atoms with E-state index in [9.17, 15) is 9.18 Å². The lowest BCUT2D eigenvalue weighted by atomic mass is 10.2. The quantitative estimate of drug-likeness (QED) is 0.884. The third-order valence-corrected chi connectivity index (χ3v) is 2.93. The summed E-state index contributed by atoms with van der Waals surface area (Å²) >= 11 is 0. The molecule has 1 amide bonds. The Morgan fingerprint density at radius 2 is 2.21 bits per heavy atom. The first-order valence-electron chi connectivity index (χ1n) is 6.12. The number of amides is 1. The summed E-state index contributed by atoms with van der Waals surface area (Å²) in [5, 5.41) is 12.4. The lowest BCUT2D eigenvalue weighted by Crippen LogP contribution is -2.37. The summed E-state index contributed by atoms with van der Waals surface area (Å²) in [6, 6.07) is 7.12. The number of nitrogens with one attached hydrogen (secondary N) is 1. The molecule has 0 bridgehead atoms. The zero-order chi connectivity index (χ0) is 13.8. The largest absolute Gasteiger partial charge is 0.394 e. The number of rotatable bonds is 4. The molecular weight excluding hydrogens is 247 g/mol. The standard InChI is InChI=1S/C14H15FN2O2/c1-2-11(8-18)16-14(19)13-5-3-9-7-10(15)4-6-12(9)17-13/h3-7,11,18H,2,8H2,1H3,(H,16,19). The Morgan fingerprint density at radius 3 is 2.89 bits per heavy atom. The molecule has 0 aliphatic heterocycles. The number of hydrogen-bond acceptors (Lipinski definition) is 3. The Bertz CT molecular complexity index is 597. The van der Waals surface area contributed by atoms with Crippen molar-refractivity contribution in [2.24, 2.45) is 0 Å². The van der Waals surface area contributed by atoms with E-state index in [0.717, 1.165) is 0 Å². The molecule has 0 radical (unpaired) electrons. The first-order valence-corrected chi connectivity index (χ1v) is 6.12. The summed E-state index contributed by atoms with van der Waals surface area (Å²) in [6.45, 7) is 1.76. The van der Waals surface area contributed by atoms with Gasteiger partial charge >= 0.3 is 0 Å². The molecule has 1 unspecified atom stereocenters. The molecule has 0 saturated carbocycles. The number of benzene rings is 1. The smallest absolute Gasteiger partial charge is 0.270 e. The van der Waals surface area contributed by atoms with Crippen molar-refractivity contribution in [2.45, 2.75) is 19.4 Å². The fourth-order valence-corrected chi connectivity index (χ4v) is 1.76. The number of pyridine rings is 1. The minimum Gasteiger partial charge on any atom is -0.394 e. The number of fused-ring (bicyclic) bond motifs is 1. The lowest BCUT2D eigenvalue weighted by Gasteiger charge is -2.13. The molecular formula is C14H15FN2O2. The number of halogens is 1. The molecule has 0 saturated heterocycles. The summed E-state index contributed by atoms with van der Waals surface area (Å²) in [4.78, 5) is 16.1. The van der Waals surface area contributed by atoms with Crippen LogP contribution in [0.5, 0.6) is 0 Å². The van der Waals surface area contributed by atoms with Gasteiger partial charge in [0.15, 0.2) is 0 Å². The Labute approximate surface area is 110 Å². The number of aromatic nitrogens is 1. The van der Waals surface area contributed by atoms with Crippen molar-refractivity contribution in [3.8, 4) is 0 Å². The van der Waals surface area contributed by atoms with Crippen LogP contribution in [0.2, 0.25) is 0 Å². The van der Waals surface area contributed by atoms with E-state index in [0.29, 0.717) is 17.3 Å². The van der Waals surface area contributed by atoms with Gasteiger partial charge < -0.3 is 10.4 Å². The highest BCUT2D eigenvalue weighted by Gasteiger charge is 2.12. The molecule has 0 fully saturated rings. The molecule has 1 atom stereocenters. The maximum Gasteiger partial charge on any atom is 0.270 e. The van der Waals surface area contributed by atoms with Crippen molar-refractivity contribution in [1.82, 2.24) is 10.3 Å². The minimum absolute atomic E-state index is 0.110. The Morgan fingerprint density at radius 1 is 1.42 bits per heavy atom. The van der Waals surface area contributed by atoms with Gasteiger partial charge in [0.1, 0.15) is 11.5 Å². The number of carbonyl (C=O) groups excluding carboxylic acids is 1. The predicted molar refractivity (Wildman–Crippen MR) is 70.3 cm³/mol. The third kappa shape index (κ3) is 3.06. The average molecular weight is 262 g/mol. The Balaban J connectivity index is 2.25. The van der Waals surface area contributed by atoms with Gasteiger partial charge in [-0.15, -0.1) is 0 Å². The zero-order valence-corrected chi connectivity index (χ0v) is 10.6. The van der Waals surface area contributed by atoms with Crippen LogP contribution in [0.4, 0.5) is 4.39 Å². The minimum atomic E-state index is -0.341. The lowest BCUT2D eigenvalue weighted by molar-refractivity contribution is 0.0910. The van der Waals surface area contributed by atoms with E-state index in [1.807, 2.05) is 6.92 Å². The maximum absolute atomic E-state index is 13.0. The van der Waals surface area contributed by atoms with E-state index in [4.69, 9.17) is 5.11 Å². The topological polar surface area (TPSA) is 62.2 Å². The van der Waals surface area contributed by atoms with Crippen molar-refractivity contribution < 1.29 is 14.3 Å². The van der Waals surface area contributed by atoms with Gasteiger partial charge in [0.05, 0.1) is 18.2 Å². The Kier molecular flexibility index (Phi) is 4.06. The SMILES string of the molecule is CCC(CO)NC(=O)c1ccc2cc(F)ccc2n1. The number of carbonyl (C=O) groups is 1. The molecule has 5 heteroatoms. The van der Waals surface area contributed by atoms with Crippen LogP contribution in [-0.4, -0.2) is 28.6 Å². The molecule has 4 nitrogen and oxygen atoms in total. The van der Waals surface area contributed by atoms with Crippen LogP contribution < -0.4 is 5.32 Å². The van der Waals surface area contributed by atoms with E-state index < -0.39 is 0 Å².